The molecular formula is C29H25N5O3. The van der Waals surface area contributed by atoms with Crippen molar-refractivity contribution in [1.29, 1.82) is 0 Å². The Morgan fingerprint density at radius 2 is 1.65 bits per heavy atom. The first-order chi connectivity index (χ1) is 18.1. The van der Waals surface area contributed by atoms with E-state index in [4.69, 9.17) is 9.47 Å². The van der Waals surface area contributed by atoms with E-state index in [1.54, 1.807) is 6.92 Å². The Morgan fingerprint density at radius 1 is 0.865 bits per heavy atom. The van der Waals surface area contributed by atoms with Gasteiger partial charge in [-0.1, -0.05) is 66.7 Å². The maximum atomic E-state index is 12.1. The highest BCUT2D eigenvalue weighted by atomic mass is 16.5. The lowest BCUT2D eigenvalue weighted by Gasteiger charge is -2.19. The summed E-state index contributed by atoms with van der Waals surface area (Å²) >= 11 is 0. The normalized spacial score (nSPS) is 13.9. The fourth-order valence-electron chi connectivity index (χ4n) is 4.01. The molecule has 0 N–H and O–H groups in total. The summed E-state index contributed by atoms with van der Waals surface area (Å²) in [6.07, 6.45) is 3.93. The summed E-state index contributed by atoms with van der Waals surface area (Å²) in [6.45, 7) is 2.44. The third kappa shape index (κ3) is 5.75. The van der Waals surface area contributed by atoms with E-state index in [1.807, 2.05) is 91.0 Å². The molecule has 0 spiro atoms. The number of carbonyl (C=O) groups excluding carboxylic acids is 1. The van der Waals surface area contributed by atoms with E-state index in [-0.39, 0.29) is 13.0 Å². The monoisotopic (exact) mass is 491 g/mol. The van der Waals surface area contributed by atoms with Crippen LogP contribution >= 0.6 is 0 Å². The molecule has 37 heavy (non-hydrogen) atoms. The Morgan fingerprint density at radius 3 is 2.46 bits per heavy atom. The van der Waals surface area contributed by atoms with Crippen LogP contribution in [-0.4, -0.2) is 17.6 Å². The molecule has 0 unspecified atom stereocenters. The minimum Gasteiger partial charge on any atom is -0.487 e. The Balaban J connectivity index is 1.24. The quantitative estimate of drug-likeness (QED) is 0.187. The summed E-state index contributed by atoms with van der Waals surface area (Å²) < 4.78 is 11.0. The van der Waals surface area contributed by atoms with E-state index >= 15 is 0 Å². The molecule has 0 aliphatic carbocycles. The van der Waals surface area contributed by atoms with E-state index < -0.39 is 11.6 Å². The molecule has 1 aromatic heterocycles. The summed E-state index contributed by atoms with van der Waals surface area (Å²) in [4.78, 5) is 16.8. The van der Waals surface area contributed by atoms with Gasteiger partial charge >= 0.3 is 5.97 Å². The predicted molar refractivity (Wildman–Crippen MR) is 141 cm³/mol. The zero-order valence-electron chi connectivity index (χ0n) is 20.3. The summed E-state index contributed by atoms with van der Waals surface area (Å²) in [5.41, 5.74) is 3.32. The number of aromatic nitrogens is 1. The Hall–Kier alpha value is -4.72. The first-order valence-electron chi connectivity index (χ1n) is 12.0. The molecule has 0 amide bonds. The number of nitrogens with zero attached hydrogens (tertiary/aromatic N) is 5. The molecule has 8 nitrogen and oxygen atoms in total. The van der Waals surface area contributed by atoms with Crippen molar-refractivity contribution in [3.8, 4) is 5.75 Å². The fourth-order valence-corrected chi connectivity index (χ4v) is 4.01. The third-order valence-electron chi connectivity index (χ3n) is 5.90. The average molecular weight is 492 g/mol. The van der Waals surface area contributed by atoms with Crippen LogP contribution in [0.1, 0.15) is 35.7 Å². The molecule has 0 fully saturated rings. The lowest BCUT2D eigenvalue weighted by molar-refractivity contribution is -0.144. The predicted octanol–water partition coefficient (Wildman–Crippen LogP) is 6.92. The maximum Gasteiger partial charge on any atom is 0.310 e. The summed E-state index contributed by atoms with van der Waals surface area (Å²) in [7, 11) is 0. The highest BCUT2D eigenvalue weighted by molar-refractivity contribution is 5.78. The minimum atomic E-state index is -1.19. The van der Waals surface area contributed by atoms with Crippen LogP contribution in [0.2, 0.25) is 0 Å². The molecule has 2 heterocycles. The second-order valence-electron chi connectivity index (χ2n) is 8.49. The third-order valence-corrected chi connectivity index (χ3v) is 5.90. The number of para-hydroxylation sites is 1. The van der Waals surface area contributed by atoms with Gasteiger partial charge in [-0.2, -0.15) is 0 Å². The van der Waals surface area contributed by atoms with Crippen LogP contribution in [0, 0.1) is 0 Å². The summed E-state index contributed by atoms with van der Waals surface area (Å²) in [6, 6.07) is 27.6. The molecular weight excluding hydrogens is 466 g/mol. The Kier molecular flexibility index (Phi) is 7.07. The first kappa shape index (κ1) is 24.0. The molecule has 0 saturated heterocycles. The molecule has 1 aliphatic rings. The Labute approximate surface area is 214 Å². The highest BCUT2D eigenvalue weighted by Crippen LogP contribution is 2.36. The molecule has 1 aliphatic heterocycles. The van der Waals surface area contributed by atoms with Crippen LogP contribution < -0.4 is 4.74 Å². The number of pyridine rings is 1. The maximum absolute atomic E-state index is 12.1. The second-order valence-corrected chi connectivity index (χ2v) is 8.49. The van der Waals surface area contributed by atoms with E-state index in [2.05, 4.69) is 31.7 Å². The van der Waals surface area contributed by atoms with Crippen LogP contribution in [-0.2, 0) is 21.8 Å². The zero-order chi connectivity index (χ0) is 25.5. The van der Waals surface area contributed by atoms with Crippen LogP contribution in [0.3, 0.4) is 0 Å². The van der Waals surface area contributed by atoms with Crippen LogP contribution in [0.15, 0.2) is 106 Å². The van der Waals surface area contributed by atoms with Gasteiger partial charge in [-0.05, 0) is 58.8 Å². The van der Waals surface area contributed by atoms with Crippen molar-refractivity contribution < 1.29 is 14.3 Å². The number of carbonyl (C=O) groups is 1. The first-order valence-corrected chi connectivity index (χ1v) is 12.0. The number of esters is 1. The zero-order valence-corrected chi connectivity index (χ0v) is 20.3. The van der Waals surface area contributed by atoms with Crippen LogP contribution in [0.25, 0.3) is 23.1 Å². The number of benzene rings is 3. The van der Waals surface area contributed by atoms with E-state index in [0.717, 1.165) is 39.0 Å². The molecule has 3 aromatic carbocycles. The van der Waals surface area contributed by atoms with Crippen LogP contribution in [0.4, 0.5) is 0 Å². The van der Waals surface area contributed by atoms with Crippen molar-refractivity contribution >= 4 is 29.0 Å². The van der Waals surface area contributed by atoms with Gasteiger partial charge in [-0.25, -0.2) is 4.98 Å². The van der Waals surface area contributed by atoms with E-state index in [9.17, 15) is 4.79 Å². The summed E-state index contributed by atoms with van der Waals surface area (Å²) in [5.74, 6) is 0.369. The van der Waals surface area contributed by atoms with Gasteiger partial charge in [0.25, 0.3) is 0 Å². The molecule has 0 radical (unpaired) electrons. The van der Waals surface area contributed by atoms with E-state index in [0.29, 0.717) is 6.61 Å². The number of rotatable bonds is 9. The number of fused-ring (bicyclic) bond motifs is 1. The SMILES string of the molecule is CCOC(=O)CC1(c2cccc(C=Cc3ccc(OCc4ccc5ccccc5n4)cc3)c2)N=NN=N1. The van der Waals surface area contributed by atoms with Crippen molar-refractivity contribution in [2.24, 2.45) is 20.7 Å². The largest absolute Gasteiger partial charge is 0.487 e. The minimum absolute atomic E-state index is 0.0583. The molecule has 0 bridgehead atoms. The molecule has 8 heteroatoms. The highest BCUT2D eigenvalue weighted by Gasteiger charge is 2.39. The van der Waals surface area contributed by atoms with Crippen LogP contribution in [0.5, 0.6) is 5.75 Å². The smallest absolute Gasteiger partial charge is 0.310 e. The van der Waals surface area contributed by atoms with Gasteiger partial charge in [0.15, 0.2) is 0 Å². The van der Waals surface area contributed by atoms with E-state index in [1.165, 1.54) is 0 Å². The lowest BCUT2D eigenvalue weighted by Crippen LogP contribution is -2.24. The van der Waals surface area contributed by atoms with Crippen molar-refractivity contribution in [3.05, 3.63) is 107 Å². The van der Waals surface area contributed by atoms with Gasteiger partial charge in [-0.3, -0.25) is 4.79 Å². The van der Waals surface area contributed by atoms with Gasteiger partial charge in [-0.15, -0.1) is 10.2 Å². The van der Waals surface area contributed by atoms with Crippen molar-refractivity contribution in [1.82, 2.24) is 4.98 Å². The number of hydrogen-bond donors (Lipinski definition) is 0. The van der Waals surface area contributed by atoms with Crippen molar-refractivity contribution in [2.75, 3.05) is 6.61 Å². The topological polar surface area (TPSA) is 97.9 Å². The van der Waals surface area contributed by atoms with Gasteiger partial charge in [0.2, 0.25) is 5.66 Å². The molecule has 0 atom stereocenters. The standard InChI is InChI=1S/C29H25N5O3/c1-2-36-28(35)19-29(31-33-34-32-29)24-8-5-6-22(18-24)11-10-21-12-16-26(17-13-21)37-20-25-15-14-23-7-3-4-9-27(23)30-25/h3-18H,2,19-20H2,1H3. The number of ether oxygens (including phenoxy) is 2. The second kappa shape index (κ2) is 10.9. The summed E-state index contributed by atoms with van der Waals surface area (Å²) in [5, 5.41) is 16.7. The lowest BCUT2D eigenvalue weighted by atomic mass is 9.95. The molecule has 5 rings (SSSR count). The molecule has 184 valence electrons. The Bertz CT molecular complexity index is 1480. The molecule has 0 saturated carbocycles. The number of hydrogen-bond acceptors (Lipinski definition) is 8. The van der Waals surface area contributed by atoms with Crippen molar-refractivity contribution in [2.45, 2.75) is 25.6 Å². The van der Waals surface area contributed by atoms with Gasteiger partial charge in [0.1, 0.15) is 12.4 Å². The average Bonchev–Trinajstić information content (AvgIpc) is 3.41. The molecule has 4 aromatic rings. The fraction of sp³-hybridized carbons (Fsp3) is 0.172. The van der Waals surface area contributed by atoms with Gasteiger partial charge < -0.3 is 9.47 Å². The van der Waals surface area contributed by atoms with Crippen molar-refractivity contribution in [3.63, 3.8) is 0 Å². The van der Waals surface area contributed by atoms with Gasteiger partial charge in [0, 0.05) is 10.9 Å². The van der Waals surface area contributed by atoms with Gasteiger partial charge in [0.05, 0.1) is 24.2 Å².